The van der Waals surface area contributed by atoms with E-state index in [0.717, 1.165) is 39.0 Å². The van der Waals surface area contributed by atoms with Crippen molar-refractivity contribution >= 4 is 10.9 Å². The largest absolute Gasteiger partial charge is 0.493 e. The van der Waals surface area contributed by atoms with Crippen LogP contribution in [0.1, 0.15) is 49.3 Å². The van der Waals surface area contributed by atoms with Crippen LogP contribution >= 0.6 is 0 Å². The van der Waals surface area contributed by atoms with Gasteiger partial charge < -0.3 is 19.9 Å². The molecule has 2 unspecified atom stereocenters. The van der Waals surface area contributed by atoms with E-state index in [-0.39, 0.29) is 17.9 Å². The predicted molar refractivity (Wildman–Crippen MR) is 103 cm³/mol. The van der Waals surface area contributed by atoms with Gasteiger partial charge in [0.1, 0.15) is 11.9 Å². The van der Waals surface area contributed by atoms with Crippen LogP contribution in [0, 0.1) is 5.92 Å². The molecule has 0 radical (unpaired) electrons. The van der Waals surface area contributed by atoms with Crippen molar-refractivity contribution in [3.63, 3.8) is 0 Å². The summed E-state index contributed by atoms with van der Waals surface area (Å²) in [6.07, 6.45) is -0.658. The van der Waals surface area contributed by atoms with E-state index >= 15 is 0 Å². The van der Waals surface area contributed by atoms with Crippen molar-refractivity contribution < 1.29 is 14.9 Å². The summed E-state index contributed by atoms with van der Waals surface area (Å²) >= 11 is 0. The molecule has 136 valence electrons. The molecule has 1 aliphatic rings. The lowest BCUT2D eigenvalue weighted by atomic mass is 9.70. The van der Waals surface area contributed by atoms with E-state index in [1.807, 2.05) is 43.3 Å². The lowest BCUT2D eigenvalue weighted by Gasteiger charge is -2.35. The predicted octanol–water partition coefficient (Wildman–Crippen LogP) is 3.90. The zero-order valence-corrected chi connectivity index (χ0v) is 15.4. The van der Waals surface area contributed by atoms with Crippen molar-refractivity contribution in [1.82, 2.24) is 4.98 Å². The molecule has 2 atom stereocenters. The van der Waals surface area contributed by atoms with Gasteiger partial charge in [0.25, 0.3) is 0 Å². The summed E-state index contributed by atoms with van der Waals surface area (Å²) in [6.45, 7) is 6.87. The van der Waals surface area contributed by atoms with E-state index in [4.69, 9.17) is 4.74 Å². The Morgan fingerprint density at radius 3 is 2.73 bits per heavy atom. The molecule has 1 aliphatic carbocycles. The molecular formula is C22H25NO3. The first-order chi connectivity index (χ1) is 12.4. The van der Waals surface area contributed by atoms with Gasteiger partial charge in [0.15, 0.2) is 0 Å². The maximum absolute atomic E-state index is 11.1. The van der Waals surface area contributed by atoms with Crippen molar-refractivity contribution in [3.05, 3.63) is 64.8 Å². The number of aromatic amines is 1. The zero-order valence-electron chi connectivity index (χ0n) is 15.4. The van der Waals surface area contributed by atoms with Gasteiger partial charge in [0.2, 0.25) is 0 Å². The van der Waals surface area contributed by atoms with Gasteiger partial charge in [0, 0.05) is 40.1 Å². The summed E-state index contributed by atoms with van der Waals surface area (Å²) in [5, 5.41) is 21.3. The molecule has 1 aromatic heterocycles. The number of hydrogen-bond donors (Lipinski definition) is 3. The fourth-order valence-corrected chi connectivity index (χ4v) is 3.93. The molecular weight excluding hydrogens is 326 g/mol. The second-order valence-corrected chi connectivity index (χ2v) is 7.83. The fourth-order valence-electron chi connectivity index (χ4n) is 3.93. The highest BCUT2D eigenvalue weighted by Crippen LogP contribution is 2.48. The summed E-state index contributed by atoms with van der Waals surface area (Å²) in [6, 6.07) is 14.0. The first kappa shape index (κ1) is 17.1. The quantitative estimate of drug-likeness (QED) is 0.668. The van der Waals surface area contributed by atoms with Crippen LogP contribution in [-0.4, -0.2) is 28.4 Å². The summed E-state index contributed by atoms with van der Waals surface area (Å²) in [7, 11) is 0. The number of aliphatic hydroxyl groups is 2. The molecule has 0 spiro atoms. The molecule has 0 aliphatic heterocycles. The molecule has 0 amide bonds. The van der Waals surface area contributed by atoms with Crippen LogP contribution in [0.5, 0.6) is 5.75 Å². The molecule has 0 fully saturated rings. The Hall–Kier alpha value is -2.30. The molecule has 4 heteroatoms. The van der Waals surface area contributed by atoms with Crippen molar-refractivity contribution in [3.8, 4) is 5.75 Å². The third-order valence-electron chi connectivity index (χ3n) is 5.48. The van der Waals surface area contributed by atoms with Crippen LogP contribution < -0.4 is 4.74 Å². The maximum Gasteiger partial charge on any atom is 0.119 e. The standard InChI is InChI=1S/C22H25NO3/c1-13(11-24)12-26-14-8-9-15-17(10-14)22(2,3)21-19(20(15)25)16-6-4-5-7-18(16)23-21/h4-10,13,20,23-25H,11-12H2,1-3H3. The fraction of sp³-hybridized carbons (Fsp3) is 0.364. The molecule has 0 bridgehead atoms. The molecule has 1 heterocycles. The van der Waals surface area contributed by atoms with Gasteiger partial charge in [-0.1, -0.05) is 45.0 Å². The monoisotopic (exact) mass is 351 g/mol. The van der Waals surface area contributed by atoms with Gasteiger partial charge in [0.05, 0.1) is 6.61 Å². The Balaban J connectivity index is 1.81. The molecule has 4 nitrogen and oxygen atoms in total. The highest BCUT2D eigenvalue weighted by atomic mass is 16.5. The van der Waals surface area contributed by atoms with Gasteiger partial charge in [-0.25, -0.2) is 0 Å². The smallest absolute Gasteiger partial charge is 0.119 e. The summed E-state index contributed by atoms with van der Waals surface area (Å²) < 4.78 is 5.85. The van der Waals surface area contributed by atoms with Crippen LogP contribution in [0.4, 0.5) is 0 Å². The van der Waals surface area contributed by atoms with Crippen LogP contribution in [0.2, 0.25) is 0 Å². The third-order valence-corrected chi connectivity index (χ3v) is 5.48. The number of aromatic nitrogens is 1. The Morgan fingerprint density at radius 2 is 1.96 bits per heavy atom. The second-order valence-electron chi connectivity index (χ2n) is 7.83. The number of aliphatic hydroxyl groups excluding tert-OH is 2. The average Bonchev–Trinajstić information content (AvgIpc) is 3.05. The van der Waals surface area contributed by atoms with Gasteiger partial charge >= 0.3 is 0 Å². The number of nitrogens with one attached hydrogen (secondary N) is 1. The number of rotatable bonds is 4. The Kier molecular flexibility index (Phi) is 4.05. The van der Waals surface area contributed by atoms with Crippen LogP contribution in [0.3, 0.4) is 0 Å². The number of fused-ring (bicyclic) bond motifs is 4. The molecule has 3 N–H and O–H groups in total. The van der Waals surface area contributed by atoms with E-state index in [9.17, 15) is 10.2 Å². The van der Waals surface area contributed by atoms with Crippen molar-refractivity contribution in [1.29, 1.82) is 0 Å². The first-order valence-electron chi connectivity index (χ1n) is 9.10. The van der Waals surface area contributed by atoms with Crippen LogP contribution in [-0.2, 0) is 5.41 Å². The minimum absolute atomic E-state index is 0.0879. The van der Waals surface area contributed by atoms with Crippen LogP contribution in [0.25, 0.3) is 10.9 Å². The van der Waals surface area contributed by atoms with Gasteiger partial charge in [-0.2, -0.15) is 0 Å². The Bertz CT molecular complexity index is 957. The normalized spacial score (nSPS) is 19.0. The van der Waals surface area contributed by atoms with E-state index in [1.54, 1.807) is 0 Å². The minimum Gasteiger partial charge on any atom is -0.493 e. The number of H-pyrrole nitrogens is 1. The molecule has 26 heavy (non-hydrogen) atoms. The van der Waals surface area contributed by atoms with E-state index in [1.165, 1.54) is 0 Å². The maximum atomic E-state index is 11.1. The number of benzene rings is 2. The highest BCUT2D eigenvalue weighted by Gasteiger charge is 2.39. The minimum atomic E-state index is -0.658. The van der Waals surface area contributed by atoms with Crippen molar-refractivity contribution in [2.45, 2.75) is 32.3 Å². The van der Waals surface area contributed by atoms with Crippen molar-refractivity contribution in [2.75, 3.05) is 13.2 Å². The van der Waals surface area contributed by atoms with E-state index < -0.39 is 6.10 Å². The second kappa shape index (κ2) is 6.15. The van der Waals surface area contributed by atoms with E-state index in [2.05, 4.69) is 24.9 Å². The SMILES string of the molecule is CC(CO)COc1ccc2c(c1)C(C)(C)c1[nH]c3ccccc3c1C2O. The number of ether oxygens (including phenoxy) is 1. The summed E-state index contributed by atoms with van der Waals surface area (Å²) in [5.41, 5.74) is 4.80. The lowest BCUT2D eigenvalue weighted by molar-refractivity contribution is 0.174. The first-order valence-corrected chi connectivity index (χ1v) is 9.10. The van der Waals surface area contributed by atoms with Gasteiger partial charge in [-0.3, -0.25) is 0 Å². The third kappa shape index (κ3) is 2.52. The highest BCUT2D eigenvalue weighted by molar-refractivity contribution is 5.87. The Labute approximate surface area is 153 Å². The van der Waals surface area contributed by atoms with Gasteiger partial charge in [-0.15, -0.1) is 0 Å². The zero-order chi connectivity index (χ0) is 18.5. The topological polar surface area (TPSA) is 65.5 Å². The van der Waals surface area contributed by atoms with E-state index in [0.29, 0.717) is 6.61 Å². The molecule has 2 aromatic carbocycles. The summed E-state index contributed by atoms with van der Waals surface area (Å²) in [5.74, 6) is 0.855. The van der Waals surface area contributed by atoms with Gasteiger partial charge in [-0.05, 0) is 29.3 Å². The summed E-state index contributed by atoms with van der Waals surface area (Å²) in [4.78, 5) is 3.52. The average molecular weight is 351 g/mol. The molecule has 3 aromatic rings. The van der Waals surface area contributed by atoms with Crippen LogP contribution in [0.15, 0.2) is 42.5 Å². The number of hydrogen-bond acceptors (Lipinski definition) is 3. The molecule has 0 saturated heterocycles. The lowest BCUT2D eigenvalue weighted by Crippen LogP contribution is -2.29. The molecule has 0 saturated carbocycles. The molecule has 4 rings (SSSR count). The Morgan fingerprint density at radius 1 is 1.19 bits per heavy atom. The van der Waals surface area contributed by atoms with Crippen molar-refractivity contribution in [2.24, 2.45) is 5.92 Å². The number of para-hydroxylation sites is 1.